The lowest BCUT2D eigenvalue weighted by atomic mass is 9.93. The average molecular weight is 314 g/mol. The highest BCUT2D eigenvalue weighted by Gasteiger charge is 2.23. The van der Waals surface area contributed by atoms with Gasteiger partial charge in [0, 0.05) is 0 Å². The molecule has 122 valence electrons. The predicted molar refractivity (Wildman–Crippen MR) is 104 cm³/mol. The second-order valence-electron chi connectivity index (χ2n) is 7.57. The molecular formula is C24H26. The van der Waals surface area contributed by atoms with Crippen molar-refractivity contribution in [2.24, 2.45) is 0 Å². The Bertz CT molecular complexity index is 815. The molecule has 0 aliphatic heterocycles. The maximum atomic E-state index is 2.32. The van der Waals surface area contributed by atoms with Gasteiger partial charge in [-0.2, -0.15) is 0 Å². The van der Waals surface area contributed by atoms with Crippen LogP contribution in [-0.4, -0.2) is 0 Å². The molecule has 0 aromatic heterocycles. The van der Waals surface area contributed by atoms with Crippen LogP contribution in [0.4, 0.5) is 0 Å². The van der Waals surface area contributed by atoms with Gasteiger partial charge in [0.05, 0.1) is 0 Å². The second kappa shape index (κ2) is 5.77. The zero-order chi connectivity index (χ0) is 16.8. The maximum Gasteiger partial charge on any atom is -0.00552 e. The summed E-state index contributed by atoms with van der Waals surface area (Å²) in [6.07, 6.45) is 4.63. The summed E-state index contributed by atoms with van der Waals surface area (Å²) in [5.74, 6) is 0. The zero-order valence-electron chi connectivity index (χ0n) is 15.3. The summed E-state index contributed by atoms with van der Waals surface area (Å²) in [4.78, 5) is 0. The largest absolute Gasteiger partial charge is 0.0651 e. The van der Waals surface area contributed by atoms with Crippen molar-refractivity contribution < 1.29 is 0 Å². The molecule has 0 saturated heterocycles. The van der Waals surface area contributed by atoms with Crippen molar-refractivity contribution in [3.8, 4) is 0 Å². The van der Waals surface area contributed by atoms with E-state index in [2.05, 4.69) is 64.1 Å². The SMILES string of the molecule is CC1=C(CCC2=C(C)Cc3c(C)cccc32)c2cccc(C)c2C1. The van der Waals surface area contributed by atoms with Gasteiger partial charge in [0.1, 0.15) is 0 Å². The van der Waals surface area contributed by atoms with E-state index in [-0.39, 0.29) is 0 Å². The molecule has 24 heavy (non-hydrogen) atoms. The molecule has 0 saturated carbocycles. The number of aryl methyl sites for hydroxylation is 2. The third-order valence-electron chi connectivity index (χ3n) is 6.01. The first-order valence-corrected chi connectivity index (χ1v) is 9.11. The van der Waals surface area contributed by atoms with Crippen LogP contribution >= 0.6 is 0 Å². The smallest absolute Gasteiger partial charge is 0.00552 e. The van der Waals surface area contributed by atoms with E-state index in [0.717, 1.165) is 12.8 Å². The molecule has 0 amide bonds. The topological polar surface area (TPSA) is 0 Å². The van der Waals surface area contributed by atoms with E-state index >= 15 is 0 Å². The van der Waals surface area contributed by atoms with Crippen LogP contribution in [0.2, 0.25) is 0 Å². The number of allylic oxidation sites excluding steroid dienone is 4. The van der Waals surface area contributed by atoms with Gasteiger partial charge in [-0.1, -0.05) is 47.5 Å². The number of hydrogen-bond donors (Lipinski definition) is 0. The zero-order valence-corrected chi connectivity index (χ0v) is 15.3. The third-order valence-corrected chi connectivity index (χ3v) is 6.01. The predicted octanol–water partition coefficient (Wildman–Crippen LogP) is 6.44. The van der Waals surface area contributed by atoms with Gasteiger partial charge >= 0.3 is 0 Å². The summed E-state index contributed by atoms with van der Waals surface area (Å²) < 4.78 is 0. The van der Waals surface area contributed by atoms with Crippen molar-refractivity contribution in [2.45, 2.75) is 53.4 Å². The highest BCUT2D eigenvalue weighted by atomic mass is 14.3. The molecule has 0 heterocycles. The molecule has 0 bridgehead atoms. The van der Waals surface area contributed by atoms with Crippen LogP contribution in [0.25, 0.3) is 11.1 Å². The Morgan fingerprint density at radius 2 is 1.04 bits per heavy atom. The highest BCUT2D eigenvalue weighted by molar-refractivity contribution is 5.81. The van der Waals surface area contributed by atoms with Crippen LogP contribution in [0.3, 0.4) is 0 Å². The summed E-state index contributed by atoms with van der Waals surface area (Å²) in [7, 11) is 0. The van der Waals surface area contributed by atoms with Crippen LogP contribution in [0.5, 0.6) is 0 Å². The van der Waals surface area contributed by atoms with Gasteiger partial charge in [-0.25, -0.2) is 0 Å². The van der Waals surface area contributed by atoms with Gasteiger partial charge < -0.3 is 0 Å². The van der Waals surface area contributed by atoms with Crippen molar-refractivity contribution in [3.05, 3.63) is 80.9 Å². The van der Waals surface area contributed by atoms with Gasteiger partial charge in [-0.05, 0) is 97.9 Å². The Balaban J connectivity index is 1.62. The van der Waals surface area contributed by atoms with Crippen LogP contribution in [-0.2, 0) is 12.8 Å². The highest BCUT2D eigenvalue weighted by Crippen LogP contribution is 2.42. The molecule has 0 nitrogen and oxygen atoms in total. The maximum absolute atomic E-state index is 2.32. The molecular weight excluding hydrogens is 288 g/mol. The lowest BCUT2D eigenvalue weighted by Crippen LogP contribution is -1.91. The minimum absolute atomic E-state index is 1.14. The van der Waals surface area contributed by atoms with Crippen molar-refractivity contribution in [2.75, 3.05) is 0 Å². The molecule has 2 aliphatic carbocycles. The first-order chi connectivity index (χ1) is 11.6. The Kier molecular flexibility index (Phi) is 3.72. The molecule has 2 aliphatic rings. The lowest BCUT2D eigenvalue weighted by Gasteiger charge is -2.11. The molecule has 0 N–H and O–H groups in total. The quantitative estimate of drug-likeness (QED) is 0.611. The molecule has 0 spiro atoms. The van der Waals surface area contributed by atoms with Gasteiger partial charge in [0.15, 0.2) is 0 Å². The fraction of sp³-hybridized carbons (Fsp3) is 0.333. The van der Waals surface area contributed by atoms with E-state index < -0.39 is 0 Å². The lowest BCUT2D eigenvalue weighted by molar-refractivity contribution is 1.06. The van der Waals surface area contributed by atoms with E-state index in [1.54, 1.807) is 33.4 Å². The fourth-order valence-corrected chi connectivity index (χ4v) is 4.59. The van der Waals surface area contributed by atoms with Crippen LogP contribution in [0, 0.1) is 13.8 Å². The van der Waals surface area contributed by atoms with Crippen LogP contribution in [0.1, 0.15) is 60.1 Å². The number of rotatable bonds is 3. The van der Waals surface area contributed by atoms with Crippen molar-refractivity contribution >= 4 is 11.1 Å². The number of hydrogen-bond acceptors (Lipinski definition) is 0. The summed E-state index contributed by atoms with van der Waals surface area (Å²) in [6, 6.07) is 13.6. The van der Waals surface area contributed by atoms with E-state index in [9.17, 15) is 0 Å². The van der Waals surface area contributed by atoms with Gasteiger partial charge in [-0.3, -0.25) is 0 Å². The summed E-state index contributed by atoms with van der Waals surface area (Å²) in [5, 5.41) is 0. The summed E-state index contributed by atoms with van der Waals surface area (Å²) >= 11 is 0. The summed E-state index contributed by atoms with van der Waals surface area (Å²) in [6.45, 7) is 9.14. The Morgan fingerprint density at radius 3 is 1.46 bits per heavy atom. The average Bonchev–Trinajstić information content (AvgIpc) is 3.04. The van der Waals surface area contributed by atoms with Gasteiger partial charge in [0.2, 0.25) is 0 Å². The molecule has 0 unspecified atom stereocenters. The molecule has 2 aromatic rings. The van der Waals surface area contributed by atoms with E-state index in [0.29, 0.717) is 0 Å². The first kappa shape index (κ1) is 15.4. The van der Waals surface area contributed by atoms with Crippen LogP contribution < -0.4 is 0 Å². The molecule has 2 aromatic carbocycles. The number of fused-ring (bicyclic) bond motifs is 2. The standard InChI is InChI=1S/C24H26/c1-15-7-5-9-21-19(17(3)13-23(15)21)11-12-20-18(4)14-24-16(2)8-6-10-22(20)24/h5-10H,11-14H2,1-4H3. The summed E-state index contributed by atoms with van der Waals surface area (Å²) in [5.41, 5.74) is 15.3. The molecule has 0 radical (unpaired) electrons. The minimum Gasteiger partial charge on any atom is -0.0651 e. The Hall–Kier alpha value is -2.08. The monoisotopic (exact) mass is 314 g/mol. The number of benzene rings is 2. The first-order valence-electron chi connectivity index (χ1n) is 9.11. The van der Waals surface area contributed by atoms with Crippen molar-refractivity contribution in [3.63, 3.8) is 0 Å². The molecule has 0 atom stereocenters. The second-order valence-corrected chi connectivity index (χ2v) is 7.57. The fourth-order valence-electron chi connectivity index (χ4n) is 4.59. The normalized spacial score (nSPS) is 16.0. The molecule has 0 fully saturated rings. The van der Waals surface area contributed by atoms with Gasteiger partial charge in [0.25, 0.3) is 0 Å². The van der Waals surface area contributed by atoms with Gasteiger partial charge in [-0.15, -0.1) is 0 Å². The third kappa shape index (κ3) is 2.36. The van der Waals surface area contributed by atoms with Crippen molar-refractivity contribution in [1.82, 2.24) is 0 Å². The van der Waals surface area contributed by atoms with Crippen molar-refractivity contribution in [1.29, 1.82) is 0 Å². The van der Waals surface area contributed by atoms with E-state index in [1.807, 2.05) is 0 Å². The molecule has 0 heteroatoms. The van der Waals surface area contributed by atoms with Crippen LogP contribution in [0.15, 0.2) is 47.5 Å². The minimum atomic E-state index is 1.14. The Labute approximate surface area is 145 Å². The van der Waals surface area contributed by atoms with E-state index in [4.69, 9.17) is 0 Å². The molecule has 4 rings (SSSR count). The van der Waals surface area contributed by atoms with E-state index in [1.165, 1.54) is 35.1 Å². The Morgan fingerprint density at radius 1 is 0.625 bits per heavy atom.